The number of nitrogens with zero attached hydrogens (tertiary/aromatic N) is 1. The van der Waals surface area contributed by atoms with Crippen LogP contribution in [-0.4, -0.2) is 56.2 Å². The van der Waals surface area contributed by atoms with E-state index < -0.39 is 10.1 Å². The minimum absolute atomic E-state index is 0.00483. The molecule has 16 heavy (non-hydrogen) atoms. The van der Waals surface area contributed by atoms with Gasteiger partial charge in [0.05, 0.1) is 27.2 Å². The van der Waals surface area contributed by atoms with E-state index in [2.05, 4.69) is 6.58 Å². The Morgan fingerprint density at radius 3 is 2.38 bits per heavy atom. The number of hydrogen-bond donors (Lipinski definition) is 1. The fourth-order valence-corrected chi connectivity index (χ4v) is 1.98. The molecule has 0 saturated carbocycles. The molecule has 0 aliphatic rings. The van der Waals surface area contributed by atoms with Crippen molar-refractivity contribution in [3.63, 3.8) is 0 Å². The summed E-state index contributed by atoms with van der Waals surface area (Å²) in [5.74, 6) is -0.259. The molecular weight excluding hydrogens is 230 g/mol. The first-order valence-corrected chi connectivity index (χ1v) is 6.70. The number of carbonyl (C=O) groups excluding carboxylic acids is 1. The van der Waals surface area contributed by atoms with Crippen molar-refractivity contribution in [1.82, 2.24) is 0 Å². The largest absolute Gasteiger partial charge is 0.328 e. The average Bonchev–Trinajstić information content (AvgIpc) is 2.13. The van der Waals surface area contributed by atoms with Gasteiger partial charge in [0.15, 0.2) is 5.78 Å². The monoisotopic (exact) mass is 250 g/mol. The van der Waals surface area contributed by atoms with Crippen LogP contribution >= 0.6 is 0 Å². The van der Waals surface area contributed by atoms with Gasteiger partial charge in [-0.2, -0.15) is 8.42 Å². The number of allylic oxidation sites excluding steroid dienone is 1. The SMILES string of the molecule is C=CC(=O)CCC[N+](C)(C)CCS(=O)(=O)O. The molecule has 0 aliphatic heterocycles. The molecule has 0 saturated heterocycles. The number of hydrogen-bond acceptors (Lipinski definition) is 3. The van der Waals surface area contributed by atoms with Crippen LogP contribution in [0, 0.1) is 0 Å². The predicted octanol–water partition coefficient (Wildman–Crippen LogP) is 0.486. The van der Waals surface area contributed by atoms with E-state index in [9.17, 15) is 13.2 Å². The van der Waals surface area contributed by atoms with Crippen LogP contribution in [0.5, 0.6) is 0 Å². The van der Waals surface area contributed by atoms with E-state index in [4.69, 9.17) is 4.55 Å². The zero-order chi connectivity index (χ0) is 12.8. The molecule has 0 amide bonds. The Morgan fingerprint density at radius 1 is 1.38 bits per heavy atom. The third-order valence-corrected chi connectivity index (χ3v) is 3.07. The summed E-state index contributed by atoms with van der Waals surface area (Å²) in [6.45, 7) is 4.40. The first-order chi connectivity index (χ1) is 7.16. The summed E-state index contributed by atoms with van der Waals surface area (Å²) < 4.78 is 30.3. The maximum absolute atomic E-state index is 11.0. The van der Waals surface area contributed by atoms with Gasteiger partial charge < -0.3 is 4.48 Å². The number of rotatable bonds is 8. The van der Waals surface area contributed by atoms with Crippen LogP contribution < -0.4 is 0 Å². The summed E-state index contributed by atoms with van der Waals surface area (Å²) in [6.07, 6.45) is 2.40. The van der Waals surface area contributed by atoms with Crippen LogP contribution in [0.25, 0.3) is 0 Å². The highest BCUT2D eigenvalue weighted by Crippen LogP contribution is 2.03. The lowest BCUT2D eigenvalue weighted by molar-refractivity contribution is -0.888. The zero-order valence-corrected chi connectivity index (χ0v) is 10.7. The Bertz CT molecular complexity index is 346. The van der Waals surface area contributed by atoms with Crippen molar-refractivity contribution in [2.24, 2.45) is 0 Å². The minimum Gasteiger partial charge on any atom is -0.328 e. The van der Waals surface area contributed by atoms with Crippen LogP contribution in [0.2, 0.25) is 0 Å². The molecular formula is C10H20NO4S+. The van der Waals surface area contributed by atoms with Gasteiger partial charge in [-0.05, 0) is 6.08 Å². The first-order valence-electron chi connectivity index (χ1n) is 5.09. The fraction of sp³-hybridized carbons (Fsp3) is 0.700. The van der Waals surface area contributed by atoms with Crippen LogP contribution in [0.1, 0.15) is 12.8 Å². The summed E-state index contributed by atoms with van der Waals surface area (Å²) >= 11 is 0. The van der Waals surface area contributed by atoms with E-state index in [1.165, 1.54) is 6.08 Å². The maximum Gasteiger partial charge on any atom is 0.270 e. The number of carbonyl (C=O) groups is 1. The zero-order valence-electron chi connectivity index (χ0n) is 9.85. The summed E-state index contributed by atoms with van der Waals surface area (Å²) in [5.41, 5.74) is 0. The lowest BCUT2D eigenvalue weighted by Crippen LogP contribution is -2.43. The highest BCUT2D eigenvalue weighted by atomic mass is 32.2. The lowest BCUT2D eigenvalue weighted by atomic mass is 10.2. The molecule has 0 fully saturated rings. The molecule has 0 spiro atoms. The van der Waals surface area contributed by atoms with Gasteiger partial charge in [-0.15, -0.1) is 0 Å². The molecule has 6 heteroatoms. The standard InChI is InChI=1S/C10H19NO4S/c1-4-10(12)6-5-7-11(2,3)8-9-16(13,14)15/h4H,1,5-9H2,2-3H3/p+1. The molecule has 0 aromatic carbocycles. The smallest absolute Gasteiger partial charge is 0.270 e. The highest BCUT2D eigenvalue weighted by molar-refractivity contribution is 7.85. The Kier molecular flexibility index (Phi) is 5.85. The van der Waals surface area contributed by atoms with Gasteiger partial charge >= 0.3 is 0 Å². The predicted molar refractivity (Wildman–Crippen MR) is 62.7 cm³/mol. The van der Waals surface area contributed by atoms with Crippen molar-refractivity contribution in [2.45, 2.75) is 12.8 Å². The topological polar surface area (TPSA) is 71.4 Å². The fourth-order valence-electron chi connectivity index (χ4n) is 1.26. The Hall–Kier alpha value is -0.720. The van der Waals surface area contributed by atoms with Gasteiger partial charge in [0.1, 0.15) is 5.75 Å². The van der Waals surface area contributed by atoms with Crippen molar-refractivity contribution >= 4 is 15.9 Å². The second-order valence-corrected chi connectivity index (χ2v) is 6.02. The van der Waals surface area contributed by atoms with Gasteiger partial charge in [0.25, 0.3) is 10.1 Å². The van der Waals surface area contributed by atoms with Crippen molar-refractivity contribution in [3.05, 3.63) is 12.7 Å². The summed E-state index contributed by atoms with van der Waals surface area (Å²) in [7, 11) is -0.173. The molecule has 0 aromatic rings. The van der Waals surface area contributed by atoms with Crippen LogP contribution in [-0.2, 0) is 14.9 Å². The molecule has 94 valence electrons. The first kappa shape index (κ1) is 15.3. The van der Waals surface area contributed by atoms with Gasteiger partial charge in [-0.25, -0.2) is 0 Å². The van der Waals surface area contributed by atoms with Crippen molar-refractivity contribution < 1.29 is 22.2 Å². The lowest BCUT2D eigenvalue weighted by Gasteiger charge is -2.29. The van der Waals surface area contributed by atoms with Crippen molar-refractivity contribution in [3.8, 4) is 0 Å². The van der Waals surface area contributed by atoms with Crippen molar-refractivity contribution in [1.29, 1.82) is 0 Å². The third-order valence-electron chi connectivity index (χ3n) is 2.37. The van der Waals surface area contributed by atoms with Gasteiger partial charge in [0, 0.05) is 12.8 Å². The number of quaternary nitrogens is 1. The molecule has 5 nitrogen and oxygen atoms in total. The molecule has 0 aliphatic carbocycles. The summed E-state index contributed by atoms with van der Waals surface area (Å²) in [5, 5.41) is 0. The van der Waals surface area contributed by atoms with E-state index >= 15 is 0 Å². The molecule has 0 aromatic heterocycles. The van der Waals surface area contributed by atoms with E-state index in [0.29, 0.717) is 30.4 Å². The quantitative estimate of drug-likeness (QED) is 0.386. The second kappa shape index (κ2) is 6.12. The highest BCUT2D eigenvalue weighted by Gasteiger charge is 2.18. The Balaban J connectivity index is 3.96. The average molecular weight is 250 g/mol. The maximum atomic E-state index is 11.0. The second-order valence-electron chi connectivity index (χ2n) is 4.44. The minimum atomic E-state index is -3.90. The molecule has 0 heterocycles. The normalized spacial score (nSPS) is 12.4. The van der Waals surface area contributed by atoms with Crippen molar-refractivity contribution in [2.75, 3.05) is 32.9 Å². The molecule has 0 atom stereocenters. The Labute approximate surface area is 97.1 Å². The molecule has 0 rings (SSSR count). The summed E-state index contributed by atoms with van der Waals surface area (Å²) in [4.78, 5) is 11.0. The van der Waals surface area contributed by atoms with Gasteiger partial charge in [0.2, 0.25) is 0 Å². The van der Waals surface area contributed by atoms with E-state index in [1.807, 2.05) is 14.1 Å². The van der Waals surface area contributed by atoms with Crippen LogP contribution in [0.4, 0.5) is 0 Å². The number of ketones is 1. The van der Waals surface area contributed by atoms with E-state index in [1.54, 1.807) is 0 Å². The molecule has 0 unspecified atom stereocenters. The van der Waals surface area contributed by atoms with Crippen LogP contribution in [0.3, 0.4) is 0 Å². The van der Waals surface area contributed by atoms with E-state index in [0.717, 1.165) is 0 Å². The third kappa shape index (κ3) is 8.58. The molecule has 1 N–H and O–H groups in total. The van der Waals surface area contributed by atoms with Gasteiger partial charge in [-0.1, -0.05) is 6.58 Å². The Morgan fingerprint density at radius 2 is 1.94 bits per heavy atom. The molecule has 0 bridgehead atoms. The van der Waals surface area contributed by atoms with E-state index in [-0.39, 0.29) is 11.5 Å². The van der Waals surface area contributed by atoms with Crippen LogP contribution in [0.15, 0.2) is 12.7 Å². The van der Waals surface area contributed by atoms with Gasteiger partial charge in [-0.3, -0.25) is 9.35 Å². The summed E-state index contributed by atoms with van der Waals surface area (Å²) in [6, 6.07) is 0. The molecule has 0 radical (unpaired) electrons.